The zero-order valence-electron chi connectivity index (χ0n) is 13.4. The average Bonchev–Trinajstić information content (AvgIpc) is 2.62. The summed E-state index contributed by atoms with van der Waals surface area (Å²) in [5.74, 6) is 0.603. The number of carbonyl (C=O) groups excluding carboxylic acids is 1. The number of methoxy groups -OCH3 is 1. The summed E-state index contributed by atoms with van der Waals surface area (Å²) in [6.07, 6.45) is 1.89. The second kappa shape index (κ2) is 7.42. The van der Waals surface area contributed by atoms with Crippen LogP contribution in [0.2, 0.25) is 0 Å². The molecule has 0 heterocycles. The van der Waals surface area contributed by atoms with Crippen molar-refractivity contribution in [3.8, 4) is 5.75 Å². The van der Waals surface area contributed by atoms with E-state index in [-0.39, 0.29) is 12.3 Å². The predicted octanol–water partition coefficient (Wildman–Crippen LogP) is 3.54. The lowest BCUT2D eigenvalue weighted by Gasteiger charge is -2.05. The normalized spacial score (nSPS) is 10.9. The number of benzene rings is 3. The Morgan fingerprint density at radius 3 is 2.75 bits per heavy atom. The maximum Gasteiger partial charge on any atom is 0.244 e. The molecule has 0 atom stereocenters. The van der Waals surface area contributed by atoms with Crippen molar-refractivity contribution in [3.05, 3.63) is 77.9 Å². The van der Waals surface area contributed by atoms with E-state index in [1.54, 1.807) is 13.3 Å². The van der Waals surface area contributed by atoms with Gasteiger partial charge in [0.15, 0.2) is 0 Å². The molecule has 0 aromatic heterocycles. The van der Waals surface area contributed by atoms with Gasteiger partial charge in [0.1, 0.15) is 5.75 Å². The molecule has 3 rings (SSSR count). The maximum atomic E-state index is 12.1. The van der Waals surface area contributed by atoms with E-state index in [9.17, 15) is 4.79 Å². The highest BCUT2D eigenvalue weighted by Crippen LogP contribution is 2.18. The third-order valence-corrected chi connectivity index (χ3v) is 3.73. The van der Waals surface area contributed by atoms with E-state index in [1.165, 1.54) is 0 Å². The SMILES string of the molecule is COc1cccc(/C=N\NC(=O)Cc2cccc3ccccc23)c1. The molecule has 120 valence electrons. The summed E-state index contributed by atoms with van der Waals surface area (Å²) in [4.78, 5) is 12.1. The van der Waals surface area contributed by atoms with Crippen LogP contribution in [0.25, 0.3) is 10.8 Å². The van der Waals surface area contributed by atoms with Crippen molar-refractivity contribution < 1.29 is 9.53 Å². The molecule has 0 unspecified atom stereocenters. The molecule has 0 spiro atoms. The Hall–Kier alpha value is -3.14. The van der Waals surface area contributed by atoms with Crippen LogP contribution >= 0.6 is 0 Å². The fraction of sp³-hybridized carbons (Fsp3) is 0.100. The summed E-state index contributed by atoms with van der Waals surface area (Å²) in [5, 5.41) is 6.23. The highest BCUT2D eigenvalue weighted by Gasteiger charge is 2.05. The van der Waals surface area contributed by atoms with Gasteiger partial charge in [-0.05, 0) is 34.0 Å². The average molecular weight is 318 g/mol. The van der Waals surface area contributed by atoms with E-state index in [1.807, 2.05) is 66.7 Å². The van der Waals surface area contributed by atoms with Gasteiger partial charge in [-0.2, -0.15) is 5.10 Å². The summed E-state index contributed by atoms with van der Waals surface area (Å²) in [6, 6.07) is 21.5. The lowest BCUT2D eigenvalue weighted by molar-refractivity contribution is -0.120. The molecule has 0 bridgehead atoms. The first-order valence-electron chi connectivity index (χ1n) is 7.69. The molecule has 0 radical (unpaired) electrons. The molecule has 0 aliphatic heterocycles. The van der Waals surface area contributed by atoms with Crippen LogP contribution in [0.15, 0.2) is 71.8 Å². The molecule has 0 saturated carbocycles. The number of rotatable bonds is 5. The van der Waals surface area contributed by atoms with E-state index in [0.717, 1.165) is 27.6 Å². The largest absolute Gasteiger partial charge is 0.497 e. The number of hydrazone groups is 1. The smallest absolute Gasteiger partial charge is 0.244 e. The Morgan fingerprint density at radius 1 is 1.08 bits per heavy atom. The first kappa shape index (κ1) is 15.7. The van der Waals surface area contributed by atoms with Gasteiger partial charge in [-0.1, -0.05) is 54.6 Å². The van der Waals surface area contributed by atoms with Crippen molar-refractivity contribution >= 4 is 22.9 Å². The van der Waals surface area contributed by atoms with Gasteiger partial charge < -0.3 is 4.74 Å². The number of nitrogens with one attached hydrogen (secondary N) is 1. The summed E-state index contributed by atoms with van der Waals surface area (Å²) in [7, 11) is 1.61. The van der Waals surface area contributed by atoms with E-state index < -0.39 is 0 Å². The number of hydrogen-bond donors (Lipinski definition) is 1. The first-order valence-corrected chi connectivity index (χ1v) is 7.69. The number of amides is 1. The van der Waals surface area contributed by atoms with E-state index in [0.29, 0.717) is 0 Å². The molecule has 24 heavy (non-hydrogen) atoms. The third-order valence-electron chi connectivity index (χ3n) is 3.73. The van der Waals surface area contributed by atoms with Crippen LogP contribution in [-0.2, 0) is 11.2 Å². The Balaban J connectivity index is 1.66. The van der Waals surface area contributed by atoms with Crippen molar-refractivity contribution in [1.29, 1.82) is 0 Å². The highest BCUT2D eigenvalue weighted by molar-refractivity contribution is 5.90. The standard InChI is InChI=1S/C20H18N2O2/c1-24-18-10-4-6-15(12-18)14-21-22-20(23)13-17-9-5-8-16-7-2-3-11-19(16)17/h2-12,14H,13H2,1H3,(H,22,23)/b21-14-. The van der Waals surface area contributed by atoms with Gasteiger partial charge >= 0.3 is 0 Å². The van der Waals surface area contributed by atoms with Crippen LogP contribution in [0.5, 0.6) is 5.75 Å². The topological polar surface area (TPSA) is 50.7 Å². The third kappa shape index (κ3) is 3.79. The molecule has 0 aliphatic rings. The lowest BCUT2D eigenvalue weighted by atomic mass is 10.0. The summed E-state index contributed by atoms with van der Waals surface area (Å²) >= 11 is 0. The molecule has 4 nitrogen and oxygen atoms in total. The molecule has 1 amide bonds. The van der Waals surface area contributed by atoms with Gasteiger partial charge in [0.25, 0.3) is 0 Å². The quantitative estimate of drug-likeness (QED) is 0.578. The summed E-state index contributed by atoms with van der Waals surface area (Å²) in [6.45, 7) is 0. The monoisotopic (exact) mass is 318 g/mol. The summed E-state index contributed by atoms with van der Waals surface area (Å²) < 4.78 is 5.15. The number of nitrogens with zero attached hydrogens (tertiary/aromatic N) is 1. The zero-order chi connectivity index (χ0) is 16.8. The summed E-state index contributed by atoms with van der Waals surface area (Å²) in [5.41, 5.74) is 4.42. The van der Waals surface area contributed by atoms with Crippen molar-refractivity contribution in [2.75, 3.05) is 7.11 Å². The second-order valence-corrected chi connectivity index (χ2v) is 5.38. The van der Waals surface area contributed by atoms with Crippen LogP contribution in [-0.4, -0.2) is 19.2 Å². The minimum atomic E-state index is -0.148. The molecule has 0 fully saturated rings. The van der Waals surface area contributed by atoms with Crippen molar-refractivity contribution in [2.45, 2.75) is 6.42 Å². The minimum absolute atomic E-state index is 0.148. The first-order chi connectivity index (χ1) is 11.8. The second-order valence-electron chi connectivity index (χ2n) is 5.38. The Bertz CT molecular complexity index is 882. The number of ether oxygens (including phenoxy) is 1. The number of hydrogen-bond acceptors (Lipinski definition) is 3. The van der Waals surface area contributed by atoms with Gasteiger partial charge in [0.2, 0.25) is 5.91 Å². The van der Waals surface area contributed by atoms with Crippen LogP contribution in [0.3, 0.4) is 0 Å². The minimum Gasteiger partial charge on any atom is -0.497 e. The van der Waals surface area contributed by atoms with Gasteiger partial charge in [-0.25, -0.2) is 5.43 Å². The van der Waals surface area contributed by atoms with E-state index in [2.05, 4.69) is 10.5 Å². The molecule has 3 aromatic rings. The van der Waals surface area contributed by atoms with Crippen molar-refractivity contribution in [2.24, 2.45) is 5.10 Å². The number of fused-ring (bicyclic) bond motifs is 1. The van der Waals surface area contributed by atoms with Crippen LogP contribution in [0.4, 0.5) is 0 Å². The van der Waals surface area contributed by atoms with Crippen LogP contribution in [0, 0.1) is 0 Å². The Labute approximate surface area is 140 Å². The lowest BCUT2D eigenvalue weighted by Crippen LogP contribution is -2.19. The van der Waals surface area contributed by atoms with E-state index in [4.69, 9.17) is 4.74 Å². The molecule has 1 N–H and O–H groups in total. The Morgan fingerprint density at radius 2 is 1.88 bits per heavy atom. The van der Waals surface area contributed by atoms with Crippen LogP contribution in [0.1, 0.15) is 11.1 Å². The maximum absolute atomic E-state index is 12.1. The van der Waals surface area contributed by atoms with Crippen LogP contribution < -0.4 is 10.2 Å². The molecule has 0 saturated heterocycles. The van der Waals surface area contributed by atoms with Gasteiger partial charge in [-0.15, -0.1) is 0 Å². The molecule has 3 aromatic carbocycles. The van der Waals surface area contributed by atoms with Gasteiger partial charge in [-0.3, -0.25) is 4.79 Å². The molecule has 4 heteroatoms. The fourth-order valence-corrected chi connectivity index (χ4v) is 2.56. The van der Waals surface area contributed by atoms with Gasteiger partial charge in [0, 0.05) is 0 Å². The zero-order valence-corrected chi connectivity index (χ0v) is 13.4. The van der Waals surface area contributed by atoms with Gasteiger partial charge in [0.05, 0.1) is 19.7 Å². The fourth-order valence-electron chi connectivity index (χ4n) is 2.56. The highest BCUT2D eigenvalue weighted by atomic mass is 16.5. The molecular weight excluding hydrogens is 300 g/mol. The number of carbonyl (C=O) groups is 1. The molecule has 0 aliphatic carbocycles. The Kier molecular flexibility index (Phi) is 4.87. The van der Waals surface area contributed by atoms with Crippen molar-refractivity contribution in [3.63, 3.8) is 0 Å². The molecular formula is C20H18N2O2. The van der Waals surface area contributed by atoms with Crippen molar-refractivity contribution in [1.82, 2.24) is 5.43 Å². The predicted molar refractivity (Wildman–Crippen MR) is 96.4 cm³/mol. The van der Waals surface area contributed by atoms with E-state index >= 15 is 0 Å².